The van der Waals surface area contributed by atoms with Gasteiger partial charge in [-0.25, -0.2) is 0 Å². The third kappa shape index (κ3) is 20.2. The Balaban J connectivity index is 1.92. The van der Waals surface area contributed by atoms with Gasteiger partial charge in [0, 0.05) is 6.42 Å². The molecule has 14 heteroatoms. The first kappa shape index (κ1) is 51.9. The summed E-state index contributed by atoms with van der Waals surface area (Å²) < 4.78 is 22.6. The van der Waals surface area contributed by atoms with Gasteiger partial charge in [-0.3, -0.25) is 4.79 Å². The van der Waals surface area contributed by atoms with Crippen LogP contribution in [0.1, 0.15) is 162 Å². The second-order valence-corrected chi connectivity index (χ2v) is 16.2. The Labute approximate surface area is 342 Å². The standard InChI is InChI=1S/C43H81NO13/c1-3-5-7-9-11-13-15-16-17-18-20-22-24-26-32(47)31(44-35(48)27-25-23-21-19-14-12-10-8-6-4-2)30-54-42-40(53)38(51)41(34(29-46)56-42)57-43-39(52)37(50)36(49)33(28-45)55-43/h24,26,31-34,36-43,45-47,49-53H,3-23,25,27-30H2,1-2H3,(H,44,48)/b26-24+. The van der Waals surface area contributed by atoms with Gasteiger partial charge in [0.25, 0.3) is 0 Å². The molecular weight excluding hydrogens is 738 g/mol. The van der Waals surface area contributed by atoms with Crippen LogP contribution in [0.25, 0.3) is 0 Å². The molecule has 2 aliphatic rings. The van der Waals surface area contributed by atoms with Gasteiger partial charge in [-0.15, -0.1) is 0 Å². The predicted molar refractivity (Wildman–Crippen MR) is 217 cm³/mol. The lowest BCUT2D eigenvalue weighted by Gasteiger charge is -2.46. The minimum atomic E-state index is -1.78. The van der Waals surface area contributed by atoms with Crippen LogP contribution in [0.5, 0.6) is 0 Å². The number of nitrogens with one attached hydrogen (secondary N) is 1. The van der Waals surface area contributed by atoms with E-state index in [-0.39, 0.29) is 18.9 Å². The van der Waals surface area contributed by atoms with Gasteiger partial charge in [0.05, 0.1) is 32.0 Å². The molecule has 14 nitrogen and oxygen atoms in total. The molecule has 2 rings (SSSR count). The number of amides is 1. The fraction of sp³-hybridized carbons (Fsp3) is 0.930. The molecule has 2 heterocycles. The van der Waals surface area contributed by atoms with Crippen molar-refractivity contribution >= 4 is 5.91 Å². The summed E-state index contributed by atoms with van der Waals surface area (Å²) in [5, 5.41) is 86.3. The fourth-order valence-corrected chi connectivity index (χ4v) is 7.47. The largest absolute Gasteiger partial charge is 0.394 e. The summed E-state index contributed by atoms with van der Waals surface area (Å²) in [4.78, 5) is 13.0. The first-order valence-corrected chi connectivity index (χ1v) is 22.4. The van der Waals surface area contributed by atoms with Gasteiger partial charge in [-0.2, -0.15) is 0 Å². The zero-order chi connectivity index (χ0) is 41.8. The molecule has 0 aromatic carbocycles. The maximum atomic E-state index is 13.0. The van der Waals surface area contributed by atoms with Crippen LogP contribution in [0.2, 0.25) is 0 Å². The zero-order valence-electron chi connectivity index (χ0n) is 35.1. The maximum absolute atomic E-state index is 13.0. The average molecular weight is 820 g/mol. The van der Waals surface area contributed by atoms with E-state index in [9.17, 15) is 45.6 Å². The Morgan fingerprint density at radius 3 is 1.61 bits per heavy atom. The molecule has 0 bridgehead atoms. The highest BCUT2D eigenvalue weighted by atomic mass is 16.7. The highest BCUT2D eigenvalue weighted by Crippen LogP contribution is 2.30. The minimum absolute atomic E-state index is 0.243. The van der Waals surface area contributed by atoms with Gasteiger partial charge in [-0.05, 0) is 19.3 Å². The summed E-state index contributed by atoms with van der Waals surface area (Å²) in [6, 6.07) is -0.905. The molecule has 0 aromatic heterocycles. The monoisotopic (exact) mass is 820 g/mol. The van der Waals surface area contributed by atoms with Crippen molar-refractivity contribution < 1.29 is 64.6 Å². The van der Waals surface area contributed by atoms with Crippen LogP contribution in [-0.2, 0) is 23.7 Å². The van der Waals surface area contributed by atoms with Gasteiger partial charge in [0.15, 0.2) is 12.6 Å². The molecule has 0 aromatic rings. The Morgan fingerprint density at radius 2 is 1.09 bits per heavy atom. The highest BCUT2D eigenvalue weighted by Gasteiger charge is 2.50. The van der Waals surface area contributed by atoms with E-state index in [2.05, 4.69) is 19.2 Å². The predicted octanol–water partition coefficient (Wildman–Crippen LogP) is 4.04. The molecule has 2 aliphatic heterocycles. The lowest BCUT2D eigenvalue weighted by Crippen LogP contribution is -2.65. The van der Waals surface area contributed by atoms with Crippen molar-refractivity contribution in [2.45, 2.75) is 235 Å². The van der Waals surface area contributed by atoms with Crippen LogP contribution < -0.4 is 5.32 Å². The number of rotatable bonds is 33. The van der Waals surface area contributed by atoms with Gasteiger partial charge in [0.1, 0.15) is 48.8 Å². The van der Waals surface area contributed by atoms with E-state index in [1.165, 1.54) is 96.3 Å². The van der Waals surface area contributed by atoms with E-state index >= 15 is 0 Å². The topological polar surface area (TPSA) is 228 Å². The smallest absolute Gasteiger partial charge is 0.220 e. The van der Waals surface area contributed by atoms with E-state index in [1.807, 2.05) is 6.08 Å². The van der Waals surface area contributed by atoms with Crippen LogP contribution >= 0.6 is 0 Å². The quantitative estimate of drug-likeness (QED) is 0.0337. The minimum Gasteiger partial charge on any atom is -0.394 e. The van der Waals surface area contributed by atoms with E-state index in [1.54, 1.807) is 6.08 Å². The van der Waals surface area contributed by atoms with Crippen LogP contribution in [0.4, 0.5) is 0 Å². The van der Waals surface area contributed by atoms with Gasteiger partial charge in [-0.1, -0.05) is 148 Å². The second kappa shape index (κ2) is 31.6. The van der Waals surface area contributed by atoms with Crippen LogP contribution in [0.3, 0.4) is 0 Å². The molecule has 0 radical (unpaired) electrons. The first-order chi connectivity index (χ1) is 27.6. The number of aliphatic hydroxyl groups is 8. The first-order valence-electron chi connectivity index (χ1n) is 22.4. The van der Waals surface area contributed by atoms with Gasteiger partial charge < -0.3 is 65.1 Å². The molecule has 0 spiro atoms. The number of unbranched alkanes of at least 4 members (excludes halogenated alkanes) is 20. The maximum Gasteiger partial charge on any atom is 0.220 e. The summed E-state index contributed by atoms with van der Waals surface area (Å²) in [6.07, 6.45) is 12.6. The third-order valence-electron chi connectivity index (χ3n) is 11.2. The molecule has 2 saturated heterocycles. The van der Waals surface area contributed by atoms with Crippen molar-refractivity contribution in [3.63, 3.8) is 0 Å². The van der Waals surface area contributed by atoms with Crippen LogP contribution in [-0.4, -0.2) is 140 Å². The normalized spacial score (nSPS) is 29.2. The van der Waals surface area contributed by atoms with E-state index in [0.717, 1.165) is 38.5 Å². The van der Waals surface area contributed by atoms with Gasteiger partial charge in [0.2, 0.25) is 5.91 Å². The molecule has 12 unspecified atom stereocenters. The second-order valence-electron chi connectivity index (χ2n) is 16.2. The third-order valence-corrected chi connectivity index (χ3v) is 11.2. The Hall–Kier alpha value is -1.27. The number of aliphatic hydroxyl groups excluding tert-OH is 8. The van der Waals surface area contributed by atoms with E-state index in [0.29, 0.717) is 6.42 Å². The Bertz CT molecular complexity index is 1020. The van der Waals surface area contributed by atoms with Gasteiger partial charge >= 0.3 is 0 Å². The zero-order valence-corrected chi connectivity index (χ0v) is 35.1. The molecule has 0 aliphatic carbocycles. The van der Waals surface area contributed by atoms with Crippen molar-refractivity contribution in [1.82, 2.24) is 5.32 Å². The molecule has 0 saturated carbocycles. The summed E-state index contributed by atoms with van der Waals surface area (Å²) in [5.74, 6) is -0.243. The number of hydrogen-bond acceptors (Lipinski definition) is 13. The number of allylic oxidation sites excluding steroid dienone is 1. The molecule has 336 valence electrons. The van der Waals surface area contributed by atoms with E-state index in [4.69, 9.17) is 18.9 Å². The van der Waals surface area contributed by atoms with Crippen molar-refractivity contribution in [3.05, 3.63) is 12.2 Å². The van der Waals surface area contributed by atoms with E-state index < -0.39 is 86.8 Å². The Morgan fingerprint density at radius 1 is 0.614 bits per heavy atom. The van der Waals surface area contributed by atoms with Crippen LogP contribution in [0.15, 0.2) is 12.2 Å². The fourth-order valence-electron chi connectivity index (χ4n) is 7.47. The number of hydrogen-bond donors (Lipinski definition) is 9. The van der Waals surface area contributed by atoms with Crippen molar-refractivity contribution in [1.29, 1.82) is 0 Å². The van der Waals surface area contributed by atoms with Crippen molar-refractivity contribution in [2.24, 2.45) is 0 Å². The SMILES string of the molecule is CCCCCCCCCCCCC/C=C/C(O)C(COC1OC(CO)C(OC2OC(CO)C(O)C(O)C2O)C(O)C1O)NC(=O)CCCCCCCCCCCC. The van der Waals surface area contributed by atoms with Crippen molar-refractivity contribution in [3.8, 4) is 0 Å². The molecule has 12 atom stereocenters. The molecule has 2 fully saturated rings. The lowest BCUT2D eigenvalue weighted by atomic mass is 9.97. The highest BCUT2D eigenvalue weighted by molar-refractivity contribution is 5.76. The summed E-state index contributed by atoms with van der Waals surface area (Å²) >= 11 is 0. The molecule has 1 amide bonds. The molecule has 57 heavy (non-hydrogen) atoms. The number of ether oxygens (including phenoxy) is 4. The van der Waals surface area contributed by atoms with Crippen molar-refractivity contribution in [2.75, 3.05) is 19.8 Å². The Kier molecular flexibility index (Phi) is 28.7. The average Bonchev–Trinajstić information content (AvgIpc) is 3.21. The lowest BCUT2D eigenvalue weighted by molar-refractivity contribution is -0.359. The summed E-state index contributed by atoms with van der Waals surface area (Å²) in [6.45, 7) is 2.74. The van der Waals surface area contributed by atoms with Crippen LogP contribution in [0, 0.1) is 0 Å². The number of carbonyl (C=O) groups excluding carboxylic acids is 1. The molecular formula is C43H81NO13. The summed E-state index contributed by atoms with van der Waals surface area (Å²) in [5.41, 5.74) is 0. The number of carbonyl (C=O) groups is 1. The molecule has 9 N–H and O–H groups in total. The summed E-state index contributed by atoms with van der Waals surface area (Å²) in [7, 11) is 0.